The Morgan fingerprint density at radius 3 is 2.12 bits per heavy atom. The highest BCUT2D eigenvalue weighted by Crippen LogP contribution is 2.20. The molecule has 1 aliphatic rings. The molecule has 1 heterocycles. The van der Waals surface area contributed by atoms with E-state index in [4.69, 9.17) is 5.73 Å². The first-order valence-electron chi connectivity index (χ1n) is 6.25. The van der Waals surface area contributed by atoms with Gasteiger partial charge in [0.05, 0.1) is 5.25 Å². The van der Waals surface area contributed by atoms with E-state index in [0.29, 0.717) is 19.5 Å². The summed E-state index contributed by atoms with van der Waals surface area (Å²) >= 11 is 0. The number of sulfonamides is 1. The highest BCUT2D eigenvalue weighted by atomic mass is 32.2. The van der Waals surface area contributed by atoms with Crippen LogP contribution in [0, 0.1) is 0 Å². The molecular weight excluding hydrogens is 238 g/mol. The molecule has 0 radical (unpaired) electrons. The molecule has 1 rings (SSSR count). The fourth-order valence-electron chi connectivity index (χ4n) is 2.27. The molecule has 1 aliphatic heterocycles. The Kier molecular flexibility index (Phi) is 4.95. The Morgan fingerprint density at radius 2 is 1.76 bits per heavy atom. The molecule has 0 aromatic heterocycles. The van der Waals surface area contributed by atoms with Crippen LogP contribution in [0.2, 0.25) is 0 Å². The van der Waals surface area contributed by atoms with Gasteiger partial charge in [0.25, 0.3) is 0 Å². The lowest BCUT2D eigenvalue weighted by molar-refractivity contribution is 0.104. The van der Waals surface area contributed by atoms with Crippen LogP contribution in [-0.4, -0.2) is 61.6 Å². The minimum Gasteiger partial charge on any atom is -0.329 e. The minimum atomic E-state index is -3.23. The van der Waals surface area contributed by atoms with Gasteiger partial charge < -0.3 is 5.73 Å². The quantitative estimate of drug-likeness (QED) is 0.780. The highest BCUT2D eigenvalue weighted by Gasteiger charge is 2.36. The Bertz CT molecular complexity index is 329. The van der Waals surface area contributed by atoms with Crippen molar-refractivity contribution >= 4 is 10.0 Å². The Labute approximate surface area is 105 Å². The van der Waals surface area contributed by atoms with Crippen molar-refractivity contribution < 1.29 is 8.42 Å². The molecule has 6 heteroatoms. The van der Waals surface area contributed by atoms with Crippen LogP contribution in [0.15, 0.2) is 0 Å². The zero-order chi connectivity index (χ0) is 13.2. The van der Waals surface area contributed by atoms with Crippen LogP contribution in [0.5, 0.6) is 0 Å². The number of hydrogen-bond donors (Lipinski definition) is 1. The first-order chi connectivity index (χ1) is 7.84. The van der Waals surface area contributed by atoms with Gasteiger partial charge in [-0.3, -0.25) is 4.90 Å². The third kappa shape index (κ3) is 2.99. The Morgan fingerprint density at radius 1 is 1.29 bits per heavy atom. The highest BCUT2D eigenvalue weighted by molar-refractivity contribution is 7.89. The van der Waals surface area contributed by atoms with Crippen LogP contribution >= 0.6 is 0 Å². The molecule has 1 saturated heterocycles. The van der Waals surface area contributed by atoms with Gasteiger partial charge in [-0.05, 0) is 27.3 Å². The summed E-state index contributed by atoms with van der Waals surface area (Å²) in [5, 5.41) is -0.440. The SMILES string of the molecule is CCC(CN)S(=O)(=O)N1CC(C)N(C)C(C)C1. The fraction of sp³-hybridized carbons (Fsp3) is 1.00. The second-order valence-corrected chi connectivity index (χ2v) is 7.20. The third-order valence-corrected chi connectivity index (χ3v) is 6.21. The summed E-state index contributed by atoms with van der Waals surface area (Å²) in [6.07, 6.45) is 0.577. The Balaban J connectivity index is 2.86. The monoisotopic (exact) mass is 263 g/mol. The van der Waals surface area contributed by atoms with Crippen LogP contribution in [0.1, 0.15) is 27.2 Å². The molecule has 0 spiro atoms. The van der Waals surface area contributed by atoms with E-state index in [1.54, 1.807) is 4.31 Å². The van der Waals surface area contributed by atoms with E-state index in [2.05, 4.69) is 18.7 Å². The standard InChI is InChI=1S/C11H25N3O2S/c1-5-11(6-12)17(15,16)14-7-9(2)13(4)10(3)8-14/h9-11H,5-8,12H2,1-4H3. The maximum absolute atomic E-state index is 12.4. The van der Waals surface area contributed by atoms with Crippen molar-refractivity contribution in [3.8, 4) is 0 Å². The molecule has 17 heavy (non-hydrogen) atoms. The lowest BCUT2D eigenvalue weighted by Gasteiger charge is -2.42. The molecule has 3 unspecified atom stereocenters. The molecule has 0 aromatic carbocycles. The largest absolute Gasteiger partial charge is 0.329 e. The van der Waals surface area contributed by atoms with E-state index < -0.39 is 15.3 Å². The van der Waals surface area contributed by atoms with Crippen molar-refractivity contribution in [2.45, 2.75) is 44.5 Å². The molecule has 0 bridgehead atoms. The van der Waals surface area contributed by atoms with Gasteiger partial charge in [-0.15, -0.1) is 0 Å². The summed E-state index contributed by atoms with van der Waals surface area (Å²) in [5.74, 6) is 0. The van der Waals surface area contributed by atoms with Crippen LogP contribution in [-0.2, 0) is 10.0 Å². The molecular formula is C11H25N3O2S. The van der Waals surface area contributed by atoms with E-state index in [1.807, 2.05) is 14.0 Å². The van der Waals surface area contributed by atoms with Crippen LogP contribution < -0.4 is 5.73 Å². The summed E-state index contributed by atoms with van der Waals surface area (Å²) in [5.41, 5.74) is 5.56. The molecule has 1 fully saturated rings. The van der Waals surface area contributed by atoms with Crippen LogP contribution in [0.4, 0.5) is 0 Å². The smallest absolute Gasteiger partial charge is 0.218 e. The van der Waals surface area contributed by atoms with Crippen molar-refractivity contribution in [2.24, 2.45) is 5.73 Å². The normalized spacial score (nSPS) is 30.4. The van der Waals surface area contributed by atoms with Crippen LogP contribution in [0.3, 0.4) is 0 Å². The molecule has 2 N–H and O–H groups in total. The fourth-order valence-corrected chi connectivity index (χ4v) is 4.21. The topological polar surface area (TPSA) is 66.6 Å². The first-order valence-corrected chi connectivity index (χ1v) is 7.75. The van der Waals surface area contributed by atoms with E-state index in [9.17, 15) is 8.42 Å². The lowest BCUT2D eigenvalue weighted by atomic mass is 10.1. The van der Waals surface area contributed by atoms with Gasteiger partial charge in [-0.25, -0.2) is 8.42 Å². The number of likely N-dealkylation sites (N-methyl/N-ethyl adjacent to an activating group) is 1. The second-order valence-electron chi connectivity index (χ2n) is 4.99. The predicted octanol–water partition coefficient (Wildman–Crippen LogP) is 0.0779. The zero-order valence-electron chi connectivity index (χ0n) is 11.3. The van der Waals surface area contributed by atoms with Gasteiger partial charge in [-0.2, -0.15) is 4.31 Å². The van der Waals surface area contributed by atoms with E-state index in [-0.39, 0.29) is 18.6 Å². The number of hydrogen-bond acceptors (Lipinski definition) is 4. The average Bonchev–Trinajstić information content (AvgIpc) is 2.26. The summed E-state index contributed by atoms with van der Waals surface area (Å²) in [6.45, 7) is 7.33. The summed E-state index contributed by atoms with van der Waals surface area (Å²) in [7, 11) is -1.19. The summed E-state index contributed by atoms with van der Waals surface area (Å²) in [6, 6.07) is 0.507. The number of rotatable bonds is 4. The van der Waals surface area contributed by atoms with Gasteiger partial charge in [-0.1, -0.05) is 6.92 Å². The van der Waals surface area contributed by atoms with E-state index >= 15 is 0 Å². The average molecular weight is 263 g/mol. The van der Waals surface area contributed by atoms with Gasteiger partial charge >= 0.3 is 0 Å². The van der Waals surface area contributed by atoms with Crippen molar-refractivity contribution in [2.75, 3.05) is 26.7 Å². The number of piperazine rings is 1. The zero-order valence-corrected chi connectivity index (χ0v) is 12.1. The van der Waals surface area contributed by atoms with Crippen molar-refractivity contribution in [3.63, 3.8) is 0 Å². The first kappa shape index (κ1) is 14.9. The van der Waals surface area contributed by atoms with Gasteiger partial charge in [0.15, 0.2) is 0 Å². The third-order valence-electron chi connectivity index (χ3n) is 3.83. The molecule has 5 nitrogen and oxygen atoms in total. The van der Waals surface area contributed by atoms with Crippen LogP contribution in [0.25, 0.3) is 0 Å². The Hall–Kier alpha value is -0.170. The maximum Gasteiger partial charge on any atom is 0.218 e. The van der Waals surface area contributed by atoms with Crippen molar-refractivity contribution in [1.82, 2.24) is 9.21 Å². The van der Waals surface area contributed by atoms with E-state index in [1.165, 1.54) is 0 Å². The summed E-state index contributed by atoms with van der Waals surface area (Å²) in [4.78, 5) is 2.22. The van der Waals surface area contributed by atoms with Gasteiger partial charge in [0, 0.05) is 31.7 Å². The van der Waals surface area contributed by atoms with E-state index in [0.717, 1.165) is 0 Å². The maximum atomic E-state index is 12.4. The molecule has 0 aromatic rings. The molecule has 0 aliphatic carbocycles. The summed E-state index contributed by atoms with van der Waals surface area (Å²) < 4.78 is 26.4. The second kappa shape index (κ2) is 5.65. The van der Waals surface area contributed by atoms with Crippen molar-refractivity contribution in [1.29, 1.82) is 0 Å². The molecule has 3 atom stereocenters. The predicted molar refractivity (Wildman–Crippen MR) is 70.3 cm³/mol. The lowest BCUT2D eigenvalue weighted by Crippen LogP contribution is -2.58. The number of nitrogens with two attached hydrogens (primary N) is 1. The van der Waals surface area contributed by atoms with Gasteiger partial charge in [0.1, 0.15) is 0 Å². The number of nitrogens with zero attached hydrogens (tertiary/aromatic N) is 2. The van der Waals surface area contributed by atoms with Crippen molar-refractivity contribution in [3.05, 3.63) is 0 Å². The minimum absolute atomic E-state index is 0.202. The molecule has 0 amide bonds. The van der Waals surface area contributed by atoms with Gasteiger partial charge in [0.2, 0.25) is 10.0 Å². The molecule has 0 saturated carbocycles. The molecule has 102 valence electrons.